The van der Waals surface area contributed by atoms with Gasteiger partial charge in [0.1, 0.15) is 0 Å². The number of benzene rings is 1. The topological polar surface area (TPSA) is 106 Å². The lowest BCUT2D eigenvalue weighted by atomic mass is 10.1. The molecular formula is C18H16F3N4O4S-. The lowest BCUT2D eigenvalue weighted by molar-refractivity contribution is -0.136. The number of aromatic nitrogens is 1. The maximum atomic E-state index is 13.3. The van der Waals surface area contributed by atoms with Gasteiger partial charge in [-0.3, -0.25) is 18.8 Å². The van der Waals surface area contributed by atoms with E-state index in [1.807, 2.05) is 0 Å². The van der Waals surface area contributed by atoms with E-state index in [1.54, 1.807) is 21.8 Å². The van der Waals surface area contributed by atoms with Crippen molar-refractivity contribution in [2.45, 2.75) is 6.18 Å². The molecule has 8 nitrogen and oxygen atoms in total. The molecule has 2 heterocycles. The number of hydrogen-bond acceptors (Lipinski definition) is 5. The Balaban J connectivity index is 1.72. The van der Waals surface area contributed by atoms with Crippen LogP contribution < -0.4 is 4.72 Å². The second kappa shape index (κ2) is 8.79. The number of amides is 2. The molecule has 1 unspecified atom stereocenters. The summed E-state index contributed by atoms with van der Waals surface area (Å²) in [4.78, 5) is 31.9. The second-order valence-electron chi connectivity index (χ2n) is 6.42. The Morgan fingerprint density at radius 3 is 2.00 bits per heavy atom. The summed E-state index contributed by atoms with van der Waals surface area (Å²) in [6.45, 7) is 0.769. The molecule has 1 N–H and O–H groups in total. The van der Waals surface area contributed by atoms with Crippen LogP contribution in [0.3, 0.4) is 0 Å². The number of nitrogens with one attached hydrogen (secondary N) is 1. The number of carbonyl (C=O) groups excluding carboxylic acids is 2. The Bertz CT molecular complexity index is 964. The molecule has 1 aromatic heterocycles. The quantitative estimate of drug-likeness (QED) is 0.730. The monoisotopic (exact) mass is 441 g/mol. The number of alkyl halides is 3. The molecule has 1 aliphatic heterocycles. The molecule has 0 spiro atoms. The van der Waals surface area contributed by atoms with Gasteiger partial charge < -0.3 is 19.1 Å². The molecule has 3 rings (SSSR count). The van der Waals surface area contributed by atoms with E-state index < -0.39 is 34.6 Å². The van der Waals surface area contributed by atoms with Crippen molar-refractivity contribution in [2.75, 3.05) is 30.9 Å². The van der Waals surface area contributed by atoms with E-state index in [2.05, 4.69) is 4.98 Å². The highest BCUT2D eigenvalue weighted by molar-refractivity contribution is 7.80. The van der Waals surface area contributed by atoms with Crippen LogP contribution in [0.2, 0.25) is 0 Å². The third-order valence-corrected chi connectivity index (χ3v) is 4.93. The number of nitrogens with zero attached hydrogens (tertiary/aromatic N) is 3. The van der Waals surface area contributed by atoms with Crippen LogP contribution in [0.25, 0.3) is 0 Å². The van der Waals surface area contributed by atoms with E-state index in [9.17, 15) is 31.5 Å². The van der Waals surface area contributed by atoms with Crippen LogP contribution in [0.4, 0.5) is 18.9 Å². The molecule has 1 aliphatic rings. The summed E-state index contributed by atoms with van der Waals surface area (Å²) < 4.78 is 62.9. The van der Waals surface area contributed by atoms with Crippen molar-refractivity contribution < 1.29 is 31.5 Å². The van der Waals surface area contributed by atoms with Gasteiger partial charge in [-0.25, -0.2) is 0 Å². The molecule has 2 amide bonds. The standard InChI is InChI=1S/C18H17F3N4O4S/c19-18(20,21)14-11-13(1-2-15(14)23-30(28)29)17(27)25-9-7-24(8-10-25)16(26)12-3-5-22-6-4-12/h1-6,11,23H,7-10H2,(H,28,29)/p-1. The summed E-state index contributed by atoms with van der Waals surface area (Å²) in [5, 5.41) is 0. The van der Waals surface area contributed by atoms with Crippen molar-refractivity contribution in [1.82, 2.24) is 14.8 Å². The molecule has 1 aromatic carbocycles. The summed E-state index contributed by atoms with van der Waals surface area (Å²) in [7, 11) is 0. The van der Waals surface area contributed by atoms with E-state index in [4.69, 9.17) is 0 Å². The third kappa shape index (κ3) is 4.94. The number of carbonyl (C=O) groups is 2. The zero-order chi connectivity index (χ0) is 21.9. The first kappa shape index (κ1) is 21.7. The predicted molar refractivity (Wildman–Crippen MR) is 100 cm³/mol. The molecule has 2 aromatic rings. The molecule has 12 heteroatoms. The van der Waals surface area contributed by atoms with Gasteiger partial charge in [0.25, 0.3) is 11.8 Å². The number of hydrogen-bond donors (Lipinski definition) is 1. The van der Waals surface area contributed by atoms with Gasteiger partial charge >= 0.3 is 6.18 Å². The fraction of sp³-hybridized carbons (Fsp3) is 0.278. The number of piperazine rings is 1. The highest BCUT2D eigenvalue weighted by Gasteiger charge is 2.35. The van der Waals surface area contributed by atoms with Gasteiger partial charge in [-0.2, -0.15) is 13.2 Å². The van der Waals surface area contributed by atoms with E-state index in [-0.39, 0.29) is 37.6 Å². The first-order chi connectivity index (χ1) is 14.2. The average molecular weight is 441 g/mol. The van der Waals surface area contributed by atoms with Crippen LogP contribution in [0.5, 0.6) is 0 Å². The van der Waals surface area contributed by atoms with Crippen LogP contribution >= 0.6 is 0 Å². The molecule has 0 radical (unpaired) electrons. The van der Waals surface area contributed by atoms with Gasteiger partial charge in [-0.05, 0) is 30.3 Å². The minimum atomic E-state index is -4.85. The SMILES string of the molecule is O=C(c1ccncc1)N1CCN(C(=O)c2ccc(NS(=O)[O-])c(C(F)(F)F)c2)CC1. The number of anilines is 1. The van der Waals surface area contributed by atoms with Gasteiger partial charge in [0.2, 0.25) is 0 Å². The van der Waals surface area contributed by atoms with Gasteiger partial charge in [0.05, 0.1) is 11.3 Å². The fourth-order valence-electron chi connectivity index (χ4n) is 3.06. The lowest BCUT2D eigenvalue weighted by Crippen LogP contribution is -2.50. The van der Waals surface area contributed by atoms with Crippen LogP contribution in [0, 0.1) is 0 Å². The zero-order valence-electron chi connectivity index (χ0n) is 15.4. The van der Waals surface area contributed by atoms with Crippen LogP contribution in [-0.2, 0) is 17.4 Å². The molecule has 160 valence electrons. The molecule has 0 aliphatic carbocycles. The van der Waals surface area contributed by atoms with Gasteiger partial charge in [-0.1, -0.05) is 0 Å². The normalized spacial score (nSPS) is 15.6. The Labute approximate surface area is 172 Å². The smallest absolute Gasteiger partial charge is 0.418 e. The van der Waals surface area contributed by atoms with Crippen LogP contribution in [-0.4, -0.2) is 61.5 Å². The van der Waals surface area contributed by atoms with Gasteiger partial charge in [-0.15, -0.1) is 0 Å². The molecule has 1 saturated heterocycles. The van der Waals surface area contributed by atoms with Gasteiger partial charge in [0, 0.05) is 61.0 Å². The van der Waals surface area contributed by atoms with Crippen LogP contribution in [0.1, 0.15) is 26.3 Å². The fourth-order valence-corrected chi connectivity index (χ4v) is 3.42. The minimum absolute atomic E-state index is 0.154. The van der Waals surface area contributed by atoms with Crippen molar-refractivity contribution in [3.05, 3.63) is 59.4 Å². The Kier molecular flexibility index (Phi) is 6.37. The zero-order valence-corrected chi connectivity index (χ0v) is 16.2. The molecule has 1 fully saturated rings. The Morgan fingerprint density at radius 1 is 0.967 bits per heavy atom. The third-order valence-electron chi connectivity index (χ3n) is 4.55. The van der Waals surface area contributed by atoms with Crippen molar-refractivity contribution in [1.29, 1.82) is 0 Å². The Hall–Kier alpha value is -2.99. The van der Waals surface area contributed by atoms with Crippen molar-refractivity contribution >= 4 is 28.8 Å². The molecular weight excluding hydrogens is 425 g/mol. The molecule has 1 atom stereocenters. The van der Waals surface area contributed by atoms with E-state index >= 15 is 0 Å². The lowest BCUT2D eigenvalue weighted by Gasteiger charge is -2.35. The highest BCUT2D eigenvalue weighted by atomic mass is 32.2. The summed E-state index contributed by atoms with van der Waals surface area (Å²) >= 11 is -2.94. The maximum Gasteiger partial charge on any atom is 0.418 e. The van der Waals surface area contributed by atoms with Gasteiger partial charge in [0.15, 0.2) is 0 Å². The predicted octanol–water partition coefficient (Wildman–Crippen LogP) is 1.90. The summed E-state index contributed by atoms with van der Waals surface area (Å²) in [6, 6.07) is 5.79. The highest BCUT2D eigenvalue weighted by Crippen LogP contribution is 2.36. The number of rotatable bonds is 4. The van der Waals surface area contributed by atoms with Crippen molar-refractivity contribution in [3.8, 4) is 0 Å². The van der Waals surface area contributed by atoms with E-state index in [1.165, 1.54) is 17.3 Å². The number of pyridine rings is 1. The van der Waals surface area contributed by atoms with Crippen molar-refractivity contribution in [2.24, 2.45) is 0 Å². The molecule has 0 bridgehead atoms. The minimum Gasteiger partial charge on any atom is -0.755 e. The first-order valence-corrected chi connectivity index (χ1v) is 9.80. The molecule has 30 heavy (non-hydrogen) atoms. The van der Waals surface area contributed by atoms with E-state index in [0.717, 1.165) is 12.1 Å². The van der Waals surface area contributed by atoms with E-state index in [0.29, 0.717) is 11.6 Å². The second-order valence-corrected chi connectivity index (χ2v) is 7.09. The first-order valence-electron chi connectivity index (χ1n) is 8.72. The Morgan fingerprint density at radius 2 is 1.50 bits per heavy atom. The van der Waals surface area contributed by atoms with Crippen molar-refractivity contribution in [3.63, 3.8) is 0 Å². The summed E-state index contributed by atoms with van der Waals surface area (Å²) in [5.74, 6) is -0.851. The van der Waals surface area contributed by atoms with Crippen LogP contribution in [0.15, 0.2) is 42.7 Å². The average Bonchev–Trinajstić information content (AvgIpc) is 2.72. The molecule has 0 saturated carbocycles. The summed E-state index contributed by atoms with van der Waals surface area (Å²) in [5.41, 5.74) is -1.69. The summed E-state index contributed by atoms with van der Waals surface area (Å²) in [6.07, 6.45) is -1.87. The number of halogens is 3. The maximum absolute atomic E-state index is 13.3. The largest absolute Gasteiger partial charge is 0.755 e.